The summed E-state index contributed by atoms with van der Waals surface area (Å²) in [4.78, 5) is 4.48. The number of hydrogen-bond acceptors (Lipinski definition) is 2. The Balaban J connectivity index is 1.70. The van der Waals surface area contributed by atoms with E-state index in [1.807, 2.05) is 12.1 Å². The number of imidazole rings is 1. The molecule has 0 spiro atoms. The van der Waals surface area contributed by atoms with E-state index in [1.54, 1.807) is 0 Å². The molecule has 4 rings (SSSR count). The van der Waals surface area contributed by atoms with E-state index in [9.17, 15) is 0 Å². The predicted molar refractivity (Wildman–Crippen MR) is 80.8 cm³/mol. The molecule has 4 heteroatoms. The van der Waals surface area contributed by atoms with Crippen LogP contribution in [0.15, 0.2) is 22.7 Å². The number of nitrogens with two attached hydrogens (primary N) is 1. The minimum atomic E-state index is 0.663. The highest BCUT2D eigenvalue weighted by molar-refractivity contribution is 9.10. The van der Waals surface area contributed by atoms with Gasteiger partial charge in [-0.15, -0.1) is 0 Å². The lowest BCUT2D eigenvalue weighted by Crippen LogP contribution is -2.18. The maximum absolute atomic E-state index is 6.12. The van der Waals surface area contributed by atoms with Gasteiger partial charge in [-0.25, -0.2) is 4.98 Å². The smallest absolute Gasteiger partial charge is 0.201 e. The molecule has 2 bridgehead atoms. The molecular formula is C15H18BrN3. The summed E-state index contributed by atoms with van der Waals surface area (Å²) in [6.07, 6.45) is 5.71. The Morgan fingerprint density at radius 2 is 2.21 bits per heavy atom. The molecule has 0 radical (unpaired) electrons. The van der Waals surface area contributed by atoms with Crippen LogP contribution in [0.1, 0.15) is 25.7 Å². The van der Waals surface area contributed by atoms with Crippen molar-refractivity contribution < 1.29 is 0 Å². The molecule has 2 N–H and O–H groups in total. The van der Waals surface area contributed by atoms with E-state index in [0.29, 0.717) is 5.95 Å². The summed E-state index contributed by atoms with van der Waals surface area (Å²) in [5.74, 6) is 3.38. The third-order valence-corrected chi connectivity index (χ3v) is 5.53. The number of halogens is 1. The standard InChI is InChI=1S/C15H18BrN3/c16-12-3-4-13-14(7-12)19(15(17)18-13)8-11-6-9-1-2-10(11)5-9/h3-4,7,9-11H,1-2,5-6,8H2,(H2,17,18). The summed E-state index contributed by atoms with van der Waals surface area (Å²) in [6.45, 7) is 1.04. The fraction of sp³-hybridized carbons (Fsp3) is 0.533. The van der Waals surface area contributed by atoms with Gasteiger partial charge in [-0.2, -0.15) is 0 Å². The van der Waals surface area contributed by atoms with Gasteiger partial charge >= 0.3 is 0 Å². The summed E-state index contributed by atoms with van der Waals surface area (Å²) in [5.41, 5.74) is 8.28. The number of anilines is 1. The first-order valence-corrected chi connectivity index (χ1v) is 7.91. The van der Waals surface area contributed by atoms with Gasteiger partial charge in [0.05, 0.1) is 11.0 Å². The molecular weight excluding hydrogens is 302 g/mol. The number of benzene rings is 1. The van der Waals surface area contributed by atoms with E-state index in [4.69, 9.17) is 5.73 Å². The van der Waals surface area contributed by atoms with Gasteiger partial charge in [-0.1, -0.05) is 22.4 Å². The molecule has 3 nitrogen and oxygen atoms in total. The molecule has 1 aromatic heterocycles. The van der Waals surface area contributed by atoms with Gasteiger partial charge in [0.25, 0.3) is 0 Å². The summed E-state index contributed by atoms with van der Waals surface area (Å²) < 4.78 is 3.31. The van der Waals surface area contributed by atoms with Crippen LogP contribution < -0.4 is 5.73 Å². The second-order valence-electron chi connectivity index (χ2n) is 6.15. The van der Waals surface area contributed by atoms with Crippen LogP contribution in [0.4, 0.5) is 5.95 Å². The van der Waals surface area contributed by atoms with Crippen molar-refractivity contribution in [1.82, 2.24) is 9.55 Å². The maximum Gasteiger partial charge on any atom is 0.201 e. The lowest BCUT2D eigenvalue weighted by Gasteiger charge is -2.22. The third-order valence-electron chi connectivity index (χ3n) is 5.04. The zero-order valence-electron chi connectivity index (χ0n) is 10.8. The molecule has 100 valence electrons. The highest BCUT2D eigenvalue weighted by Gasteiger charge is 2.39. The first-order chi connectivity index (χ1) is 9.20. The van der Waals surface area contributed by atoms with Crippen molar-refractivity contribution in [2.75, 3.05) is 5.73 Å². The molecule has 2 fully saturated rings. The zero-order valence-corrected chi connectivity index (χ0v) is 12.4. The maximum atomic E-state index is 6.12. The van der Waals surface area contributed by atoms with Gasteiger partial charge < -0.3 is 10.3 Å². The molecule has 19 heavy (non-hydrogen) atoms. The number of hydrogen-bond donors (Lipinski definition) is 1. The summed E-state index contributed by atoms with van der Waals surface area (Å²) in [5, 5.41) is 0. The number of nitrogens with zero attached hydrogens (tertiary/aromatic N) is 2. The predicted octanol–water partition coefficient (Wildman–Crippen LogP) is 3.82. The zero-order chi connectivity index (χ0) is 13.0. The second-order valence-corrected chi connectivity index (χ2v) is 7.06. The second kappa shape index (κ2) is 4.23. The van der Waals surface area contributed by atoms with Gasteiger partial charge in [0, 0.05) is 11.0 Å². The monoisotopic (exact) mass is 319 g/mol. The Kier molecular flexibility index (Phi) is 2.62. The molecule has 0 saturated heterocycles. The normalized spacial score (nSPS) is 29.4. The van der Waals surface area contributed by atoms with Crippen molar-refractivity contribution in [3.05, 3.63) is 22.7 Å². The molecule has 0 amide bonds. The van der Waals surface area contributed by atoms with Crippen molar-refractivity contribution in [3.8, 4) is 0 Å². The average molecular weight is 320 g/mol. The van der Waals surface area contributed by atoms with Crippen LogP contribution in [0, 0.1) is 17.8 Å². The van der Waals surface area contributed by atoms with Crippen molar-refractivity contribution in [2.45, 2.75) is 32.2 Å². The Hall–Kier alpha value is -1.03. The van der Waals surface area contributed by atoms with E-state index < -0.39 is 0 Å². The Bertz CT molecular complexity index is 634. The van der Waals surface area contributed by atoms with Crippen molar-refractivity contribution >= 4 is 32.9 Å². The Morgan fingerprint density at radius 3 is 2.95 bits per heavy atom. The van der Waals surface area contributed by atoms with Crippen molar-refractivity contribution in [1.29, 1.82) is 0 Å². The van der Waals surface area contributed by atoms with E-state index in [2.05, 4.69) is 31.5 Å². The lowest BCUT2D eigenvalue weighted by molar-refractivity contribution is 0.300. The Morgan fingerprint density at radius 1 is 1.32 bits per heavy atom. The summed E-state index contributed by atoms with van der Waals surface area (Å²) in [7, 11) is 0. The lowest BCUT2D eigenvalue weighted by atomic mass is 9.89. The quantitative estimate of drug-likeness (QED) is 0.914. The van der Waals surface area contributed by atoms with Crippen LogP contribution in [-0.2, 0) is 6.54 Å². The first kappa shape index (κ1) is 11.8. The summed E-state index contributed by atoms with van der Waals surface area (Å²) >= 11 is 3.54. The van der Waals surface area contributed by atoms with Gasteiger partial charge in [0.15, 0.2) is 0 Å². The molecule has 2 aromatic rings. The minimum absolute atomic E-state index is 0.663. The first-order valence-electron chi connectivity index (χ1n) is 7.12. The molecule has 2 saturated carbocycles. The van der Waals surface area contributed by atoms with E-state index in [1.165, 1.54) is 25.7 Å². The highest BCUT2D eigenvalue weighted by Crippen LogP contribution is 2.49. The minimum Gasteiger partial charge on any atom is -0.369 e. The third kappa shape index (κ3) is 1.88. The van der Waals surface area contributed by atoms with E-state index in [0.717, 1.165) is 39.8 Å². The van der Waals surface area contributed by atoms with Crippen LogP contribution in [-0.4, -0.2) is 9.55 Å². The molecule has 3 atom stereocenters. The van der Waals surface area contributed by atoms with Crippen LogP contribution in [0.2, 0.25) is 0 Å². The van der Waals surface area contributed by atoms with E-state index >= 15 is 0 Å². The van der Waals surface area contributed by atoms with Crippen LogP contribution in [0.5, 0.6) is 0 Å². The van der Waals surface area contributed by atoms with Crippen molar-refractivity contribution in [3.63, 3.8) is 0 Å². The molecule has 3 unspecified atom stereocenters. The van der Waals surface area contributed by atoms with Gasteiger partial charge in [-0.05, 0) is 55.2 Å². The summed E-state index contributed by atoms with van der Waals surface area (Å²) in [6, 6.07) is 6.19. The molecule has 2 aliphatic carbocycles. The fourth-order valence-corrected chi connectivity index (χ4v) is 4.49. The number of rotatable bonds is 2. The number of aromatic nitrogens is 2. The van der Waals surface area contributed by atoms with Crippen LogP contribution in [0.3, 0.4) is 0 Å². The number of nitrogen functional groups attached to an aromatic ring is 1. The molecule has 2 aliphatic rings. The van der Waals surface area contributed by atoms with Crippen LogP contribution >= 0.6 is 15.9 Å². The van der Waals surface area contributed by atoms with Gasteiger partial charge in [-0.3, -0.25) is 0 Å². The molecule has 1 heterocycles. The van der Waals surface area contributed by atoms with E-state index in [-0.39, 0.29) is 0 Å². The Labute approximate surface area is 121 Å². The average Bonchev–Trinajstić information content (AvgIpc) is 3.06. The number of fused-ring (bicyclic) bond motifs is 3. The highest BCUT2D eigenvalue weighted by atomic mass is 79.9. The van der Waals surface area contributed by atoms with Gasteiger partial charge in [0.2, 0.25) is 5.95 Å². The van der Waals surface area contributed by atoms with Crippen LogP contribution in [0.25, 0.3) is 11.0 Å². The topological polar surface area (TPSA) is 43.8 Å². The molecule has 1 aromatic carbocycles. The molecule has 0 aliphatic heterocycles. The fourth-order valence-electron chi connectivity index (χ4n) is 4.14. The van der Waals surface area contributed by atoms with Gasteiger partial charge in [0.1, 0.15) is 0 Å². The SMILES string of the molecule is Nc1nc2ccc(Br)cc2n1CC1CC2CCC1C2. The van der Waals surface area contributed by atoms with Crippen molar-refractivity contribution in [2.24, 2.45) is 17.8 Å². The largest absolute Gasteiger partial charge is 0.369 e.